The number of pyridine rings is 1. The predicted molar refractivity (Wildman–Crippen MR) is 79.2 cm³/mol. The standard InChI is InChI=1S/C14H19N3O2S/c15-8-12-13(3-4-16-14(12)20)17-5-1-2-11(9-17)10-19-7-6-18/h3-4,11,18H,1-2,5-7,9-10H2,(H,16,20). The van der Waals surface area contributed by atoms with Gasteiger partial charge in [0.2, 0.25) is 0 Å². The Kier molecular flexibility index (Phi) is 5.53. The lowest BCUT2D eigenvalue weighted by molar-refractivity contribution is 0.0639. The number of anilines is 1. The molecule has 1 unspecified atom stereocenters. The Labute approximate surface area is 123 Å². The monoisotopic (exact) mass is 293 g/mol. The van der Waals surface area contributed by atoms with Crippen LogP contribution in [0.2, 0.25) is 0 Å². The van der Waals surface area contributed by atoms with Crippen molar-refractivity contribution < 1.29 is 9.84 Å². The van der Waals surface area contributed by atoms with Crippen molar-refractivity contribution in [1.29, 1.82) is 5.26 Å². The summed E-state index contributed by atoms with van der Waals surface area (Å²) in [5.41, 5.74) is 1.45. The van der Waals surface area contributed by atoms with Gasteiger partial charge < -0.3 is 19.7 Å². The molecule has 1 aliphatic rings. The smallest absolute Gasteiger partial charge is 0.123 e. The van der Waals surface area contributed by atoms with E-state index in [2.05, 4.69) is 16.0 Å². The predicted octanol–water partition coefficient (Wildman–Crippen LogP) is 1.84. The Hall–Kier alpha value is -1.42. The average molecular weight is 293 g/mol. The van der Waals surface area contributed by atoms with E-state index in [1.54, 1.807) is 6.20 Å². The van der Waals surface area contributed by atoms with Crippen LogP contribution in [0.5, 0.6) is 0 Å². The first-order valence-corrected chi connectivity index (χ1v) is 7.22. The van der Waals surface area contributed by atoms with E-state index in [1.165, 1.54) is 0 Å². The third-order valence-electron chi connectivity index (χ3n) is 3.50. The second-order valence-corrected chi connectivity index (χ2v) is 5.34. The maximum Gasteiger partial charge on any atom is 0.123 e. The Bertz CT molecular complexity index is 538. The summed E-state index contributed by atoms with van der Waals surface area (Å²) in [5, 5.41) is 18.0. The molecular formula is C14H19N3O2S. The lowest BCUT2D eigenvalue weighted by Crippen LogP contribution is -2.37. The van der Waals surface area contributed by atoms with Gasteiger partial charge in [-0.2, -0.15) is 5.26 Å². The molecule has 1 atom stereocenters. The van der Waals surface area contributed by atoms with Crippen molar-refractivity contribution in [3.8, 4) is 6.07 Å². The molecule has 1 fully saturated rings. The molecule has 5 nitrogen and oxygen atoms in total. The minimum absolute atomic E-state index is 0.0584. The maximum atomic E-state index is 9.25. The summed E-state index contributed by atoms with van der Waals surface area (Å²) in [6.45, 7) is 2.89. The highest BCUT2D eigenvalue weighted by molar-refractivity contribution is 7.71. The topological polar surface area (TPSA) is 72.3 Å². The van der Waals surface area contributed by atoms with Gasteiger partial charge in [-0.25, -0.2) is 0 Å². The number of aliphatic hydroxyl groups excluding tert-OH is 1. The molecule has 6 heteroatoms. The van der Waals surface area contributed by atoms with Gasteiger partial charge in [-0.3, -0.25) is 0 Å². The van der Waals surface area contributed by atoms with E-state index in [1.807, 2.05) is 6.07 Å². The molecule has 0 spiro atoms. The second kappa shape index (κ2) is 7.39. The van der Waals surface area contributed by atoms with Gasteiger partial charge >= 0.3 is 0 Å². The van der Waals surface area contributed by atoms with Crippen LogP contribution in [-0.2, 0) is 4.74 Å². The quantitative estimate of drug-likeness (QED) is 0.640. The first kappa shape index (κ1) is 15.0. The van der Waals surface area contributed by atoms with E-state index in [-0.39, 0.29) is 6.61 Å². The zero-order valence-corrected chi connectivity index (χ0v) is 12.2. The van der Waals surface area contributed by atoms with Crippen molar-refractivity contribution >= 4 is 17.9 Å². The summed E-state index contributed by atoms with van der Waals surface area (Å²) in [7, 11) is 0. The number of aromatic nitrogens is 1. The van der Waals surface area contributed by atoms with E-state index in [0.29, 0.717) is 29.3 Å². The van der Waals surface area contributed by atoms with Crippen molar-refractivity contribution in [3.05, 3.63) is 22.5 Å². The molecule has 0 amide bonds. The average Bonchev–Trinajstić information content (AvgIpc) is 2.47. The minimum atomic E-state index is 0.0584. The van der Waals surface area contributed by atoms with Crippen LogP contribution in [0.15, 0.2) is 12.3 Å². The molecule has 1 aliphatic heterocycles. The van der Waals surface area contributed by atoms with E-state index in [0.717, 1.165) is 31.6 Å². The van der Waals surface area contributed by atoms with Gasteiger partial charge in [0.1, 0.15) is 16.3 Å². The van der Waals surface area contributed by atoms with Gasteiger partial charge in [-0.1, -0.05) is 12.2 Å². The van der Waals surface area contributed by atoms with Crippen LogP contribution in [0, 0.1) is 21.9 Å². The molecule has 20 heavy (non-hydrogen) atoms. The number of hydrogen-bond acceptors (Lipinski definition) is 5. The summed E-state index contributed by atoms with van der Waals surface area (Å²) in [6.07, 6.45) is 3.97. The van der Waals surface area contributed by atoms with Crippen LogP contribution >= 0.6 is 12.2 Å². The van der Waals surface area contributed by atoms with Crippen molar-refractivity contribution in [3.63, 3.8) is 0 Å². The zero-order chi connectivity index (χ0) is 14.4. The molecule has 1 saturated heterocycles. The summed E-state index contributed by atoms with van der Waals surface area (Å²) < 4.78 is 5.91. The molecule has 1 aromatic rings. The van der Waals surface area contributed by atoms with Crippen molar-refractivity contribution in [1.82, 2.24) is 4.98 Å². The fourth-order valence-corrected chi connectivity index (χ4v) is 2.79. The summed E-state index contributed by atoms with van der Waals surface area (Å²) >= 11 is 5.17. The first-order valence-electron chi connectivity index (χ1n) is 6.81. The molecule has 2 heterocycles. The van der Waals surface area contributed by atoms with Crippen molar-refractivity contribution in [2.75, 3.05) is 37.8 Å². The van der Waals surface area contributed by atoms with E-state index in [4.69, 9.17) is 22.1 Å². The summed E-state index contributed by atoms with van der Waals surface area (Å²) in [5.74, 6) is 0.430. The van der Waals surface area contributed by atoms with Gasteiger partial charge in [0.25, 0.3) is 0 Å². The Morgan fingerprint density at radius 3 is 3.20 bits per heavy atom. The number of H-pyrrole nitrogens is 1. The lowest BCUT2D eigenvalue weighted by Gasteiger charge is -2.34. The molecule has 0 aliphatic carbocycles. The first-order chi connectivity index (χ1) is 9.76. The van der Waals surface area contributed by atoms with E-state index < -0.39 is 0 Å². The highest BCUT2D eigenvalue weighted by atomic mass is 32.1. The third kappa shape index (κ3) is 3.57. The van der Waals surface area contributed by atoms with Crippen molar-refractivity contribution in [2.24, 2.45) is 5.92 Å². The Morgan fingerprint density at radius 2 is 2.45 bits per heavy atom. The number of rotatable bonds is 5. The van der Waals surface area contributed by atoms with E-state index in [9.17, 15) is 5.26 Å². The molecular weight excluding hydrogens is 274 g/mol. The normalized spacial score (nSPS) is 18.8. The Morgan fingerprint density at radius 1 is 1.60 bits per heavy atom. The number of nitriles is 1. The Balaban J connectivity index is 2.08. The fraction of sp³-hybridized carbons (Fsp3) is 0.571. The number of nitrogens with zero attached hydrogens (tertiary/aromatic N) is 2. The van der Waals surface area contributed by atoms with Crippen LogP contribution in [0.4, 0.5) is 5.69 Å². The molecule has 2 rings (SSSR count). The minimum Gasteiger partial charge on any atom is -0.394 e. The molecule has 0 aromatic carbocycles. The highest BCUT2D eigenvalue weighted by Crippen LogP contribution is 2.26. The van der Waals surface area contributed by atoms with Gasteiger partial charge in [0.15, 0.2) is 0 Å². The van der Waals surface area contributed by atoms with Crippen LogP contribution in [0.1, 0.15) is 18.4 Å². The largest absolute Gasteiger partial charge is 0.394 e. The summed E-state index contributed by atoms with van der Waals surface area (Å²) in [6, 6.07) is 4.09. The molecule has 0 radical (unpaired) electrons. The van der Waals surface area contributed by atoms with Crippen LogP contribution in [0.25, 0.3) is 0 Å². The zero-order valence-electron chi connectivity index (χ0n) is 11.3. The number of nitrogens with one attached hydrogen (secondary N) is 1. The van der Waals surface area contributed by atoms with E-state index >= 15 is 0 Å². The number of hydrogen-bond donors (Lipinski definition) is 2. The SMILES string of the molecule is N#Cc1c(N2CCCC(COCCO)C2)cc[nH]c1=S. The summed E-state index contributed by atoms with van der Waals surface area (Å²) in [4.78, 5) is 5.10. The van der Waals surface area contributed by atoms with Gasteiger partial charge in [0, 0.05) is 19.3 Å². The number of piperidine rings is 1. The second-order valence-electron chi connectivity index (χ2n) is 4.93. The maximum absolute atomic E-state index is 9.25. The van der Waals surface area contributed by atoms with Gasteiger partial charge in [0.05, 0.1) is 25.5 Å². The highest BCUT2D eigenvalue weighted by Gasteiger charge is 2.22. The van der Waals surface area contributed by atoms with Crippen LogP contribution in [-0.4, -0.2) is 43.0 Å². The molecule has 2 N–H and O–H groups in total. The van der Waals surface area contributed by atoms with Gasteiger partial charge in [-0.05, 0) is 24.8 Å². The molecule has 0 bridgehead atoms. The molecule has 0 saturated carbocycles. The molecule has 1 aromatic heterocycles. The molecule has 108 valence electrons. The van der Waals surface area contributed by atoms with Crippen LogP contribution in [0.3, 0.4) is 0 Å². The van der Waals surface area contributed by atoms with Crippen LogP contribution < -0.4 is 4.90 Å². The van der Waals surface area contributed by atoms with Gasteiger partial charge in [-0.15, -0.1) is 0 Å². The lowest BCUT2D eigenvalue weighted by atomic mass is 9.98. The number of aliphatic hydroxyl groups is 1. The number of aromatic amines is 1. The number of ether oxygens (including phenoxy) is 1. The fourth-order valence-electron chi connectivity index (χ4n) is 2.57. The third-order valence-corrected chi connectivity index (χ3v) is 3.82. The van der Waals surface area contributed by atoms with Crippen molar-refractivity contribution in [2.45, 2.75) is 12.8 Å².